The smallest absolute Gasteiger partial charge is 0.157 e. The first-order chi connectivity index (χ1) is 8.58. The monoisotopic (exact) mass is 306 g/mol. The van der Waals surface area contributed by atoms with Gasteiger partial charge >= 0.3 is 0 Å². The SMILES string of the molecule is C.C.CC(C)(C)C.CC(C)(C)OCCOC1CCCCO1. The van der Waals surface area contributed by atoms with E-state index in [0.29, 0.717) is 18.6 Å². The van der Waals surface area contributed by atoms with Gasteiger partial charge in [0.25, 0.3) is 0 Å². The van der Waals surface area contributed by atoms with E-state index in [1.807, 2.05) is 20.8 Å². The zero-order valence-electron chi connectivity index (χ0n) is 14.0. The standard InChI is InChI=1S/C11H22O3.C5H12.2CH4/c1-11(2,3)14-9-8-13-10-6-4-5-7-12-10;1-5(2,3)4;;/h10H,4-9H2,1-3H3;1-4H3;2*1H4. The number of hydrogen-bond donors (Lipinski definition) is 0. The molecule has 1 atom stereocenters. The predicted octanol–water partition coefficient (Wildman–Crippen LogP) is 5.67. The van der Waals surface area contributed by atoms with Crippen molar-refractivity contribution in [3.8, 4) is 0 Å². The Bertz CT molecular complexity index is 201. The molecule has 0 aromatic rings. The van der Waals surface area contributed by atoms with Gasteiger partial charge in [0, 0.05) is 6.61 Å². The van der Waals surface area contributed by atoms with Crippen molar-refractivity contribution in [1.82, 2.24) is 0 Å². The summed E-state index contributed by atoms with van der Waals surface area (Å²) in [5, 5.41) is 0. The molecule has 21 heavy (non-hydrogen) atoms. The third kappa shape index (κ3) is 25.2. The molecule has 0 N–H and O–H groups in total. The largest absolute Gasteiger partial charge is 0.373 e. The molecule has 0 saturated carbocycles. The highest BCUT2D eigenvalue weighted by atomic mass is 16.7. The molecule has 1 heterocycles. The molecule has 3 nitrogen and oxygen atoms in total. The Kier molecular flexibility index (Phi) is 15.3. The molecule has 0 aromatic heterocycles. The molecule has 0 spiro atoms. The summed E-state index contributed by atoms with van der Waals surface area (Å²) in [6.45, 7) is 17.0. The van der Waals surface area contributed by atoms with E-state index in [4.69, 9.17) is 14.2 Å². The van der Waals surface area contributed by atoms with Crippen LogP contribution < -0.4 is 0 Å². The van der Waals surface area contributed by atoms with E-state index in [-0.39, 0.29) is 26.7 Å². The summed E-state index contributed by atoms with van der Waals surface area (Å²) in [5.41, 5.74) is 0.427. The Hall–Kier alpha value is -0.120. The number of ether oxygens (including phenoxy) is 3. The Morgan fingerprint density at radius 3 is 1.81 bits per heavy atom. The number of rotatable bonds is 4. The van der Waals surface area contributed by atoms with Crippen molar-refractivity contribution in [2.24, 2.45) is 5.41 Å². The Morgan fingerprint density at radius 2 is 1.43 bits per heavy atom. The molecule has 0 aliphatic carbocycles. The van der Waals surface area contributed by atoms with Crippen molar-refractivity contribution >= 4 is 0 Å². The predicted molar refractivity (Wildman–Crippen MR) is 93.8 cm³/mol. The molecule has 1 fully saturated rings. The number of hydrogen-bond acceptors (Lipinski definition) is 3. The second-order valence-electron chi connectivity index (χ2n) is 7.63. The zero-order chi connectivity index (χ0) is 14.9. The summed E-state index contributed by atoms with van der Waals surface area (Å²) in [5.74, 6) is 0. The quantitative estimate of drug-likeness (QED) is 0.626. The minimum atomic E-state index is -0.0726. The maximum absolute atomic E-state index is 5.54. The Labute approximate surface area is 134 Å². The van der Waals surface area contributed by atoms with Gasteiger partial charge in [-0.2, -0.15) is 0 Å². The van der Waals surface area contributed by atoms with Crippen LogP contribution in [-0.2, 0) is 14.2 Å². The van der Waals surface area contributed by atoms with Gasteiger partial charge in [-0.15, -0.1) is 0 Å². The topological polar surface area (TPSA) is 27.7 Å². The molecule has 1 unspecified atom stereocenters. The normalized spacial score (nSPS) is 18.7. The lowest BCUT2D eigenvalue weighted by molar-refractivity contribution is -0.174. The molecule has 1 rings (SSSR count). The highest BCUT2D eigenvalue weighted by molar-refractivity contribution is 4.58. The van der Waals surface area contributed by atoms with E-state index in [9.17, 15) is 0 Å². The second-order valence-corrected chi connectivity index (χ2v) is 7.63. The van der Waals surface area contributed by atoms with E-state index in [1.165, 1.54) is 12.8 Å². The van der Waals surface area contributed by atoms with Crippen LogP contribution in [0.5, 0.6) is 0 Å². The van der Waals surface area contributed by atoms with Crippen LogP contribution in [0.4, 0.5) is 0 Å². The fourth-order valence-corrected chi connectivity index (χ4v) is 1.37. The van der Waals surface area contributed by atoms with Gasteiger partial charge in [-0.3, -0.25) is 0 Å². The van der Waals surface area contributed by atoms with Gasteiger partial charge in [0.15, 0.2) is 6.29 Å². The summed E-state index contributed by atoms with van der Waals surface area (Å²) in [6.07, 6.45) is 3.41. The van der Waals surface area contributed by atoms with Gasteiger partial charge < -0.3 is 14.2 Å². The zero-order valence-corrected chi connectivity index (χ0v) is 14.0. The fraction of sp³-hybridized carbons (Fsp3) is 1.00. The van der Waals surface area contributed by atoms with Crippen molar-refractivity contribution in [3.05, 3.63) is 0 Å². The van der Waals surface area contributed by atoms with Crippen molar-refractivity contribution in [3.63, 3.8) is 0 Å². The van der Waals surface area contributed by atoms with Crippen LogP contribution in [0.1, 0.15) is 82.6 Å². The van der Waals surface area contributed by atoms with Crippen molar-refractivity contribution in [1.29, 1.82) is 0 Å². The first kappa shape index (κ1) is 25.8. The van der Waals surface area contributed by atoms with Crippen LogP contribution in [0.25, 0.3) is 0 Å². The van der Waals surface area contributed by atoms with Crippen LogP contribution >= 0.6 is 0 Å². The lowest BCUT2D eigenvalue weighted by Gasteiger charge is -2.24. The molecule has 3 heteroatoms. The maximum Gasteiger partial charge on any atom is 0.157 e. The van der Waals surface area contributed by atoms with E-state index in [1.54, 1.807) is 0 Å². The van der Waals surface area contributed by atoms with E-state index >= 15 is 0 Å². The van der Waals surface area contributed by atoms with Crippen molar-refractivity contribution in [2.75, 3.05) is 19.8 Å². The lowest BCUT2D eigenvalue weighted by atomic mass is 10.0. The van der Waals surface area contributed by atoms with E-state index in [2.05, 4.69) is 27.7 Å². The second kappa shape index (κ2) is 12.4. The van der Waals surface area contributed by atoms with E-state index in [0.717, 1.165) is 13.0 Å². The van der Waals surface area contributed by atoms with Gasteiger partial charge in [-0.25, -0.2) is 0 Å². The lowest BCUT2D eigenvalue weighted by Crippen LogP contribution is -2.26. The summed E-state index contributed by atoms with van der Waals surface area (Å²) >= 11 is 0. The first-order valence-corrected chi connectivity index (χ1v) is 7.45. The minimum absolute atomic E-state index is 0. The van der Waals surface area contributed by atoms with Crippen LogP contribution in [-0.4, -0.2) is 31.7 Å². The van der Waals surface area contributed by atoms with Gasteiger partial charge in [0.05, 0.1) is 18.8 Å². The Balaban J connectivity index is -0.000000405. The summed E-state index contributed by atoms with van der Waals surface area (Å²) < 4.78 is 16.5. The fourth-order valence-electron chi connectivity index (χ4n) is 1.37. The minimum Gasteiger partial charge on any atom is -0.373 e. The molecule has 0 aromatic carbocycles. The highest BCUT2D eigenvalue weighted by Gasteiger charge is 2.14. The molecule has 0 radical (unpaired) electrons. The summed E-state index contributed by atoms with van der Waals surface area (Å²) in [4.78, 5) is 0. The van der Waals surface area contributed by atoms with Crippen molar-refractivity contribution < 1.29 is 14.2 Å². The third-order valence-corrected chi connectivity index (χ3v) is 2.06. The Morgan fingerprint density at radius 1 is 0.905 bits per heavy atom. The molecule has 132 valence electrons. The van der Waals surface area contributed by atoms with Crippen LogP contribution in [0.3, 0.4) is 0 Å². The van der Waals surface area contributed by atoms with Gasteiger partial charge in [-0.1, -0.05) is 42.5 Å². The average Bonchev–Trinajstić information content (AvgIpc) is 2.22. The van der Waals surface area contributed by atoms with Crippen molar-refractivity contribution in [2.45, 2.75) is 94.5 Å². The molecule has 0 bridgehead atoms. The molecular weight excluding hydrogens is 264 g/mol. The van der Waals surface area contributed by atoms with Crippen LogP contribution in [0, 0.1) is 5.41 Å². The van der Waals surface area contributed by atoms with Gasteiger partial charge in [0.1, 0.15) is 0 Å². The van der Waals surface area contributed by atoms with Gasteiger partial charge in [-0.05, 0) is 45.4 Å². The molecule has 0 amide bonds. The molecule has 1 saturated heterocycles. The molecular formula is C18H42O3. The first-order valence-electron chi connectivity index (χ1n) is 7.45. The molecule has 1 aliphatic heterocycles. The summed E-state index contributed by atoms with van der Waals surface area (Å²) in [7, 11) is 0. The third-order valence-electron chi connectivity index (χ3n) is 2.06. The van der Waals surface area contributed by atoms with Crippen LogP contribution in [0.2, 0.25) is 0 Å². The van der Waals surface area contributed by atoms with Crippen LogP contribution in [0.15, 0.2) is 0 Å². The summed E-state index contributed by atoms with van der Waals surface area (Å²) in [6, 6.07) is 0. The highest BCUT2D eigenvalue weighted by Crippen LogP contribution is 2.14. The van der Waals surface area contributed by atoms with Gasteiger partial charge in [0.2, 0.25) is 0 Å². The average molecular weight is 307 g/mol. The maximum atomic E-state index is 5.54. The van der Waals surface area contributed by atoms with E-state index < -0.39 is 0 Å². The molecule has 1 aliphatic rings.